The van der Waals surface area contributed by atoms with Crippen LogP contribution in [0.1, 0.15) is 6.23 Å². The van der Waals surface area contributed by atoms with E-state index in [4.69, 9.17) is 0 Å². The highest BCUT2D eigenvalue weighted by atomic mass is 80.0. The lowest BCUT2D eigenvalue weighted by Crippen LogP contribution is -2.27. The molecule has 0 aliphatic carbocycles. The van der Waals surface area contributed by atoms with Crippen molar-refractivity contribution < 1.29 is 5.11 Å². The first-order chi connectivity index (χ1) is 5.43. The molecule has 0 saturated carbocycles. The van der Waals surface area contributed by atoms with Gasteiger partial charge in [-0.3, -0.25) is 4.79 Å². The van der Waals surface area contributed by atoms with Crippen LogP contribution in [0.15, 0.2) is 16.2 Å². The van der Waals surface area contributed by atoms with Crippen molar-refractivity contribution in [1.82, 2.24) is 3.96 Å². The Morgan fingerprint density at radius 3 is 2.50 bits per heavy atom. The molecule has 1 atom stereocenters. The Bertz CT molecular complexity index is 315. The molecule has 12 heavy (non-hydrogen) atoms. The summed E-state index contributed by atoms with van der Waals surface area (Å²) < 4.78 is 0.375. The third-order valence-electron chi connectivity index (χ3n) is 1.12. The molecule has 0 bridgehead atoms. The number of nitrogens with zero attached hydrogens (tertiary/aromatic N) is 1. The largest absolute Gasteiger partial charge is 0.369 e. The lowest BCUT2D eigenvalue weighted by molar-refractivity contribution is 0.127. The lowest BCUT2D eigenvalue weighted by Gasteiger charge is -2.19. The number of aliphatic hydroxyl groups excluding tert-OH is 1. The van der Waals surface area contributed by atoms with Gasteiger partial charge in [0.1, 0.15) is 0 Å². The van der Waals surface area contributed by atoms with E-state index in [0.717, 1.165) is 11.5 Å². The molecule has 7 heteroatoms. The average Bonchev–Trinajstić information content (AvgIpc) is 2.31. The van der Waals surface area contributed by atoms with Crippen LogP contribution in [0.5, 0.6) is 0 Å². The molecule has 1 unspecified atom stereocenters. The summed E-state index contributed by atoms with van der Waals surface area (Å²) in [5, 5.41) is 11.2. The van der Waals surface area contributed by atoms with Crippen molar-refractivity contribution in [2.45, 2.75) is 8.37 Å². The molecule has 68 valence electrons. The molecule has 0 aliphatic rings. The molecule has 1 rings (SSSR count). The Labute approximate surface area is 97.9 Å². The Balaban J connectivity index is 3.01. The van der Waals surface area contributed by atoms with Crippen LogP contribution in [0.3, 0.4) is 0 Å². The van der Waals surface area contributed by atoms with Gasteiger partial charge in [0, 0.05) is 11.4 Å². The van der Waals surface area contributed by atoms with Crippen LogP contribution in [-0.4, -0.2) is 11.2 Å². The van der Waals surface area contributed by atoms with Gasteiger partial charge in [-0.15, -0.1) is 0 Å². The number of alkyl halides is 3. The van der Waals surface area contributed by atoms with E-state index in [9.17, 15) is 9.90 Å². The second kappa shape index (κ2) is 3.91. The van der Waals surface area contributed by atoms with Gasteiger partial charge in [0.25, 0.3) is 5.56 Å². The molecule has 0 aliphatic heterocycles. The zero-order valence-corrected chi connectivity index (χ0v) is 11.2. The van der Waals surface area contributed by atoms with E-state index in [1.54, 1.807) is 5.38 Å². The minimum absolute atomic E-state index is 0.227. The van der Waals surface area contributed by atoms with E-state index in [2.05, 4.69) is 47.8 Å². The number of aliphatic hydroxyl groups is 1. The highest BCUT2D eigenvalue weighted by Gasteiger charge is 2.31. The van der Waals surface area contributed by atoms with Crippen LogP contribution in [0.4, 0.5) is 0 Å². The number of aromatic nitrogens is 1. The van der Waals surface area contributed by atoms with Crippen molar-refractivity contribution in [3.63, 3.8) is 0 Å². The minimum Gasteiger partial charge on any atom is -0.369 e. The predicted octanol–water partition coefficient (Wildman–Crippen LogP) is 2.24. The van der Waals surface area contributed by atoms with E-state index in [1.807, 2.05) is 0 Å². The van der Waals surface area contributed by atoms with Crippen molar-refractivity contribution in [1.29, 1.82) is 0 Å². The molecule has 0 amide bonds. The second-order valence-electron chi connectivity index (χ2n) is 1.99. The minimum atomic E-state index is -0.981. The topological polar surface area (TPSA) is 42.2 Å². The van der Waals surface area contributed by atoms with Crippen molar-refractivity contribution in [2.75, 3.05) is 0 Å². The first kappa shape index (κ1) is 10.9. The van der Waals surface area contributed by atoms with Crippen LogP contribution in [-0.2, 0) is 0 Å². The fraction of sp³-hybridized carbons (Fsp3) is 0.400. The molecule has 0 radical (unpaired) electrons. The van der Waals surface area contributed by atoms with Crippen molar-refractivity contribution >= 4 is 59.3 Å². The van der Waals surface area contributed by atoms with E-state index in [1.165, 1.54) is 10.0 Å². The van der Waals surface area contributed by atoms with Gasteiger partial charge in [0.2, 0.25) is 0 Å². The molecule has 1 aromatic rings. The summed E-state index contributed by atoms with van der Waals surface area (Å²) >= 11 is 10.5. The molecule has 0 saturated heterocycles. The van der Waals surface area contributed by atoms with E-state index < -0.39 is 8.37 Å². The normalized spacial score (nSPS) is 14.7. The first-order valence-corrected chi connectivity index (χ1v) is 6.06. The van der Waals surface area contributed by atoms with Crippen LogP contribution in [0.25, 0.3) is 0 Å². The van der Waals surface area contributed by atoms with Crippen LogP contribution in [0, 0.1) is 0 Å². The fourth-order valence-corrected chi connectivity index (χ4v) is 2.36. The highest BCUT2D eigenvalue weighted by molar-refractivity contribution is 9.39. The van der Waals surface area contributed by atoms with Gasteiger partial charge in [0.05, 0.1) is 0 Å². The molecule has 0 aromatic carbocycles. The van der Waals surface area contributed by atoms with Gasteiger partial charge in [-0.05, 0) is 0 Å². The van der Waals surface area contributed by atoms with E-state index >= 15 is 0 Å². The Kier molecular flexibility index (Phi) is 3.56. The molecule has 0 spiro atoms. The number of hydrogen-bond donors (Lipinski definition) is 1. The SMILES string of the molecule is O=c1ccsn1C(O)C(Br)(Br)Br. The Morgan fingerprint density at radius 1 is 1.58 bits per heavy atom. The molecule has 1 N–H and O–H groups in total. The van der Waals surface area contributed by atoms with Gasteiger partial charge in [0.15, 0.2) is 8.37 Å². The predicted molar refractivity (Wildman–Crippen MR) is 59.3 cm³/mol. The number of halogens is 3. The quantitative estimate of drug-likeness (QED) is 0.758. The van der Waals surface area contributed by atoms with Crippen molar-refractivity contribution in [3.8, 4) is 0 Å². The number of hydrogen-bond acceptors (Lipinski definition) is 3. The van der Waals surface area contributed by atoms with Crippen LogP contribution in [0.2, 0.25) is 0 Å². The van der Waals surface area contributed by atoms with Gasteiger partial charge in [-0.1, -0.05) is 59.3 Å². The molecule has 3 nitrogen and oxygen atoms in total. The summed E-state index contributed by atoms with van der Waals surface area (Å²) in [6.45, 7) is 0. The third-order valence-corrected chi connectivity index (χ3v) is 3.21. The van der Waals surface area contributed by atoms with E-state index in [-0.39, 0.29) is 5.56 Å². The highest BCUT2D eigenvalue weighted by Crippen LogP contribution is 2.42. The first-order valence-electron chi connectivity index (χ1n) is 2.84. The standard InChI is InChI=1S/C5H4Br3NO2S/c6-5(7,8)4(11)9-3(10)1-2-12-9/h1-2,4,11H. The maximum atomic E-state index is 11.1. The lowest BCUT2D eigenvalue weighted by atomic mass is 10.6. The second-order valence-corrected chi connectivity index (χ2v) is 9.81. The zero-order chi connectivity index (χ0) is 9.35. The summed E-state index contributed by atoms with van der Waals surface area (Å²) in [6.07, 6.45) is -0.981. The summed E-state index contributed by atoms with van der Waals surface area (Å²) in [5.74, 6) is 0. The average molecular weight is 382 g/mol. The third kappa shape index (κ3) is 2.41. The summed E-state index contributed by atoms with van der Waals surface area (Å²) in [5.41, 5.74) is -0.227. The molecule has 1 heterocycles. The fourth-order valence-electron chi connectivity index (χ4n) is 0.591. The zero-order valence-electron chi connectivity index (χ0n) is 5.58. The Hall–Kier alpha value is 0.830. The van der Waals surface area contributed by atoms with E-state index in [0.29, 0.717) is 0 Å². The van der Waals surface area contributed by atoms with Crippen LogP contribution < -0.4 is 5.56 Å². The Morgan fingerprint density at radius 2 is 2.17 bits per heavy atom. The van der Waals surface area contributed by atoms with Gasteiger partial charge >= 0.3 is 0 Å². The smallest absolute Gasteiger partial charge is 0.262 e. The van der Waals surface area contributed by atoms with Crippen LogP contribution >= 0.6 is 59.3 Å². The van der Waals surface area contributed by atoms with Gasteiger partial charge in [-0.2, -0.15) is 0 Å². The van der Waals surface area contributed by atoms with Crippen molar-refractivity contribution in [3.05, 3.63) is 21.8 Å². The monoisotopic (exact) mass is 379 g/mol. The van der Waals surface area contributed by atoms with Gasteiger partial charge < -0.3 is 5.11 Å². The molecule has 0 fully saturated rings. The van der Waals surface area contributed by atoms with Gasteiger partial charge in [-0.25, -0.2) is 3.96 Å². The summed E-state index contributed by atoms with van der Waals surface area (Å²) in [7, 11) is 0. The maximum absolute atomic E-state index is 11.1. The molecular formula is C5H4Br3NO2S. The number of rotatable bonds is 1. The maximum Gasteiger partial charge on any atom is 0.262 e. The summed E-state index contributed by atoms with van der Waals surface area (Å²) in [6, 6.07) is 1.40. The molecule has 1 aromatic heterocycles. The van der Waals surface area contributed by atoms with Crippen molar-refractivity contribution in [2.24, 2.45) is 0 Å². The molecular weight excluding hydrogens is 378 g/mol. The summed E-state index contributed by atoms with van der Waals surface area (Å²) in [4.78, 5) is 11.1.